The second-order valence-electron chi connectivity index (χ2n) is 7.86. The predicted octanol–water partition coefficient (Wildman–Crippen LogP) is 4.19. The summed E-state index contributed by atoms with van der Waals surface area (Å²) in [4.78, 5) is 30.2. The highest BCUT2D eigenvalue weighted by atomic mass is 16.5. The molecule has 31 heavy (non-hydrogen) atoms. The van der Waals surface area contributed by atoms with Crippen LogP contribution in [0.3, 0.4) is 0 Å². The van der Waals surface area contributed by atoms with Gasteiger partial charge in [0.25, 0.3) is 5.91 Å². The Morgan fingerprint density at radius 2 is 1.87 bits per heavy atom. The van der Waals surface area contributed by atoms with Crippen LogP contribution in [0.4, 0.5) is 5.69 Å². The summed E-state index contributed by atoms with van der Waals surface area (Å²) in [7, 11) is 0. The van der Waals surface area contributed by atoms with Crippen molar-refractivity contribution in [2.75, 3.05) is 5.32 Å². The van der Waals surface area contributed by atoms with Gasteiger partial charge in [0.1, 0.15) is 6.07 Å². The van der Waals surface area contributed by atoms with E-state index in [1.807, 2.05) is 33.8 Å². The van der Waals surface area contributed by atoms with E-state index < -0.39 is 18.0 Å². The molecule has 8 nitrogen and oxygen atoms in total. The molecule has 1 aromatic carbocycles. The molecule has 0 spiro atoms. The summed E-state index contributed by atoms with van der Waals surface area (Å²) >= 11 is 0. The SMILES string of the molecule is CC(C)c1cc(C(=O)O[C@H](C)C(=O)Nc2ccccc2C#N)c2cnn(C(C)C)c2n1. The highest BCUT2D eigenvalue weighted by Gasteiger charge is 2.24. The molecule has 0 radical (unpaired) electrons. The second kappa shape index (κ2) is 8.96. The van der Waals surface area contributed by atoms with Crippen molar-refractivity contribution in [3.8, 4) is 6.07 Å². The molecule has 0 aliphatic carbocycles. The average Bonchev–Trinajstić information content (AvgIpc) is 3.17. The van der Waals surface area contributed by atoms with Gasteiger partial charge < -0.3 is 10.1 Å². The largest absolute Gasteiger partial charge is 0.449 e. The van der Waals surface area contributed by atoms with Crippen molar-refractivity contribution in [1.82, 2.24) is 14.8 Å². The molecule has 2 heterocycles. The molecule has 0 aliphatic rings. The van der Waals surface area contributed by atoms with Crippen LogP contribution in [0.2, 0.25) is 0 Å². The van der Waals surface area contributed by atoms with Crippen molar-refractivity contribution in [2.24, 2.45) is 0 Å². The van der Waals surface area contributed by atoms with E-state index in [1.54, 1.807) is 41.2 Å². The van der Waals surface area contributed by atoms with Gasteiger partial charge in [-0.25, -0.2) is 14.5 Å². The van der Waals surface area contributed by atoms with E-state index in [4.69, 9.17) is 4.74 Å². The second-order valence-corrected chi connectivity index (χ2v) is 7.86. The molecule has 160 valence electrons. The number of aromatic nitrogens is 3. The lowest BCUT2D eigenvalue weighted by Gasteiger charge is -2.16. The van der Waals surface area contributed by atoms with Crippen molar-refractivity contribution < 1.29 is 14.3 Å². The average molecular weight is 419 g/mol. The van der Waals surface area contributed by atoms with Crippen LogP contribution in [0.15, 0.2) is 36.5 Å². The topological polar surface area (TPSA) is 110 Å². The first kappa shape index (κ1) is 22.0. The van der Waals surface area contributed by atoms with Gasteiger partial charge in [-0.2, -0.15) is 10.4 Å². The highest BCUT2D eigenvalue weighted by molar-refractivity contribution is 6.04. The van der Waals surface area contributed by atoms with Gasteiger partial charge in [0.05, 0.1) is 28.4 Å². The number of ether oxygens (including phenoxy) is 1. The van der Waals surface area contributed by atoms with Crippen molar-refractivity contribution in [2.45, 2.75) is 52.7 Å². The molecule has 1 atom stereocenters. The number of benzene rings is 1. The fourth-order valence-corrected chi connectivity index (χ4v) is 3.08. The molecule has 0 bridgehead atoms. The number of amides is 1. The van der Waals surface area contributed by atoms with Gasteiger partial charge in [-0.3, -0.25) is 4.79 Å². The Balaban J connectivity index is 1.87. The number of anilines is 1. The Labute approximate surface area is 180 Å². The third-order valence-corrected chi connectivity index (χ3v) is 4.85. The molecule has 8 heteroatoms. The summed E-state index contributed by atoms with van der Waals surface area (Å²) < 4.78 is 7.21. The van der Waals surface area contributed by atoms with Crippen LogP contribution < -0.4 is 5.32 Å². The predicted molar refractivity (Wildman–Crippen MR) is 117 cm³/mol. The normalized spacial score (nSPS) is 12.1. The smallest absolute Gasteiger partial charge is 0.339 e. The monoisotopic (exact) mass is 419 g/mol. The van der Waals surface area contributed by atoms with E-state index in [9.17, 15) is 14.9 Å². The van der Waals surface area contributed by atoms with Gasteiger partial charge >= 0.3 is 5.97 Å². The van der Waals surface area contributed by atoms with Crippen molar-refractivity contribution >= 4 is 28.6 Å². The minimum absolute atomic E-state index is 0.0705. The van der Waals surface area contributed by atoms with Crippen LogP contribution in [0.25, 0.3) is 11.0 Å². The lowest BCUT2D eigenvalue weighted by Crippen LogP contribution is -2.30. The van der Waals surface area contributed by atoms with Crippen molar-refractivity contribution in [1.29, 1.82) is 5.26 Å². The number of fused-ring (bicyclic) bond motifs is 1. The number of carbonyl (C=O) groups is 2. The summed E-state index contributed by atoms with van der Waals surface area (Å²) in [6, 6.07) is 10.4. The Morgan fingerprint density at radius 1 is 1.16 bits per heavy atom. The first-order valence-corrected chi connectivity index (χ1v) is 10.1. The molecule has 1 N–H and O–H groups in total. The van der Waals surface area contributed by atoms with Crippen molar-refractivity contribution in [3.05, 3.63) is 53.3 Å². The third-order valence-electron chi connectivity index (χ3n) is 4.85. The van der Waals surface area contributed by atoms with Gasteiger partial charge in [0, 0.05) is 11.7 Å². The molecular weight excluding hydrogens is 394 g/mol. The maximum Gasteiger partial charge on any atom is 0.339 e. The molecule has 0 fully saturated rings. The van der Waals surface area contributed by atoms with E-state index in [1.165, 1.54) is 6.92 Å². The number of para-hydroxylation sites is 1. The van der Waals surface area contributed by atoms with Gasteiger partial charge in [-0.05, 0) is 44.9 Å². The number of rotatable bonds is 6. The summed E-state index contributed by atoms with van der Waals surface area (Å²) in [6.07, 6.45) is 0.529. The first-order valence-electron chi connectivity index (χ1n) is 10.1. The summed E-state index contributed by atoms with van der Waals surface area (Å²) in [5, 5.41) is 16.8. The van der Waals surface area contributed by atoms with E-state index in [0.717, 1.165) is 5.69 Å². The van der Waals surface area contributed by atoms with Gasteiger partial charge in [-0.1, -0.05) is 26.0 Å². The Bertz CT molecular complexity index is 1170. The Kier molecular flexibility index (Phi) is 6.35. The van der Waals surface area contributed by atoms with E-state index in [0.29, 0.717) is 27.8 Å². The first-order chi connectivity index (χ1) is 14.7. The lowest BCUT2D eigenvalue weighted by atomic mass is 10.1. The number of carbonyl (C=O) groups excluding carboxylic acids is 2. The molecule has 3 rings (SSSR count). The standard InChI is InChI=1S/C23H25N5O3/c1-13(2)20-10-17(18-12-25-28(14(3)4)21(18)26-20)23(30)31-15(5)22(29)27-19-9-7-6-8-16(19)11-24/h6-10,12-15H,1-5H3,(H,27,29)/t15-/m1/s1. The van der Waals surface area contributed by atoms with E-state index in [-0.39, 0.29) is 12.0 Å². The molecular formula is C23H25N5O3. The van der Waals surface area contributed by atoms with Gasteiger partial charge in [0.15, 0.2) is 11.8 Å². The number of nitrogens with zero attached hydrogens (tertiary/aromatic N) is 4. The van der Waals surface area contributed by atoms with Gasteiger partial charge in [-0.15, -0.1) is 0 Å². The van der Waals surface area contributed by atoms with Crippen molar-refractivity contribution in [3.63, 3.8) is 0 Å². The fourth-order valence-electron chi connectivity index (χ4n) is 3.08. The Morgan fingerprint density at radius 3 is 2.52 bits per heavy atom. The fraction of sp³-hybridized carbons (Fsp3) is 0.348. The maximum absolute atomic E-state index is 13.0. The van der Waals surface area contributed by atoms with Crippen LogP contribution in [0, 0.1) is 11.3 Å². The molecule has 1 amide bonds. The number of esters is 1. The number of nitriles is 1. The number of hydrogen-bond acceptors (Lipinski definition) is 6. The van der Waals surface area contributed by atoms with Crippen LogP contribution in [-0.4, -0.2) is 32.7 Å². The highest BCUT2D eigenvalue weighted by Crippen LogP contribution is 2.25. The molecule has 0 aliphatic heterocycles. The minimum Gasteiger partial charge on any atom is -0.449 e. The van der Waals surface area contributed by atoms with Crippen LogP contribution >= 0.6 is 0 Å². The minimum atomic E-state index is -1.06. The zero-order chi connectivity index (χ0) is 22.7. The van der Waals surface area contributed by atoms with Crippen LogP contribution in [0.5, 0.6) is 0 Å². The van der Waals surface area contributed by atoms with Crippen LogP contribution in [-0.2, 0) is 9.53 Å². The molecule has 2 aromatic heterocycles. The zero-order valence-electron chi connectivity index (χ0n) is 18.2. The number of nitrogens with one attached hydrogen (secondary N) is 1. The summed E-state index contributed by atoms with van der Waals surface area (Å²) in [6.45, 7) is 9.44. The van der Waals surface area contributed by atoms with E-state index >= 15 is 0 Å². The molecule has 0 saturated carbocycles. The summed E-state index contributed by atoms with van der Waals surface area (Å²) in [5.41, 5.74) is 2.35. The van der Waals surface area contributed by atoms with Gasteiger partial charge in [0.2, 0.25) is 0 Å². The lowest BCUT2D eigenvalue weighted by molar-refractivity contribution is -0.123. The summed E-state index contributed by atoms with van der Waals surface area (Å²) in [5.74, 6) is -1.06. The maximum atomic E-state index is 13.0. The quantitative estimate of drug-likeness (QED) is 0.600. The zero-order valence-corrected chi connectivity index (χ0v) is 18.2. The van der Waals surface area contributed by atoms with E-state index in [2.05, 4.69) is 15.4 Å². The molecule has 0 unspecified atom stereocenters. The Hall–Kier alpha value is -3.73. The van der Waals surface area contributed by atoms with Crippen LogP contribution in [0.1, 0.15) is 68.2 Å². The molecule has 0 saturated heterocycles. The molecule has 3 aromatic rings. The number of hydrogen-bond donors (Lipinski definition) is 1. The third kappa shape index (κ3) is 4.56. The number of pyridine rings is 1.